The van der Waals surface area contributed by atoms with Crippen LogP contribution in [0.2, 0.25) is 0 Å². The van der Waals surface area contributed by atoms with E-state index in [0.29, 0.717) is 0 Å². The van der Waals surface area contributed by atoms with Gasteiger partial charge in [-0.1, -0.05) is 108 Å². The lowest BCUT2D eigenvalue weighted by molar-refractivity contribution is 0.330. The summed E-state index contributed by atoms with van der Waals surface area (Å²) in [5, 5.41) is 1.35. The fourth-order valence-electron chi connectivity index (χ4n) is 8.77. The van der Waals surface area contributed by atoms with Gasteiger partial charge in [0, 0.05) is 26.2 Å². The summed E-state index contributed by atoms with van der Waals surface area (Å²) in [5.74, 6) is 2.03. The van der Waals surface area contributed by atoms with E-state index in [1.165, 1.54) is 89.1 Å². The molecule has 4 aromatic carbocycles. The van der Waals surface area contributed by atoms with Crippen molar-refractivity contribution in [2.75, 3.05) is 4.90 Å². The van der Waals surface area contributed by atoms with Gasteiger partial charge in [-0.05, 0) is 134 Å². The minimum Gasteiger partial charge on any atom is -0.458 e. The van der Waals surface area contributed by atoms with Gasteiger partial charge in [0.25, 0.3) is 6.71 Å². The van der Waals surface area contributed by atoms with Crippen LogP contribution in [0.4, 0.5) is 17.1 Å². The molecule has 2 aliphatic heterocycles. The standard InChI is InChI=1S/C47H56BNOS/c1-27-19-36-40-38(20-27)50-37-26-34-33(46(11,12)17-18-47(34,13)14)25-35(37)48(40)42-41(32-24-28(43(2,3)4)15-16-39(32)51-42)49(36)31-22-29(44(5,6)7)21-30(23-31)45(8,9)10/h15-16,19-26H,17-18H2,1-14H3. The Morgan fingerprint density at radius 2 is 1.25 bits per heavy atom. The molecule has 0 fully saturated rings. The predicted molar refractivity (Wildman–Crippen MR) is 224 cm³/mol. The Morgan fingerprint density at radius 3 is 1.84 bits per heavy atom. The molecule has 3 aliphatic rings. The van der Waals surface area contributed by atoms with Gasteiger partial charge in [-0.15, -0.1) is 11.3 Å². The largest absolute Gasteiger partial charge is 0.458 e. The fourth-order valence-corrected chi connectivity index (χ4v) is 10.1. The Balaban J connectivity index is 1.49. The first-order chi connectivity index (χ1) is 23.5. The number of benzene rings is 4. The third kappa shape index (κ3) is 5.41. The Bertz CT molecular complexity index is 2230. The third-order valence-electron chi connectivity index (χ3n) is 12.3. The molecule has 0 unspecified atom stereocenters. The van der Waals surface area contributed by atoms with E-state index in [1.54, 1.807) is 0 Å². The molecule has 3 heterocycles. The maximum Gasteiger partial charge on any atom is 0.268 e. The van der Waals surface area contributed by atoms with Crippen molar-refractivity contribution in [3.05, 3.63) is 94.0 Å². The molecule has 0 atom stereocenters. The van der Waals surface area contributed by atoms with E-state index < -0.39 is 0 Å². The van der Waals surface area contributed by atoms with E-state index >= 15 is 0 Å². The van der Waals surface area contributed by atoms with Crippen LogP contribution in [0.1, 0.15) is 136 Å². The van der Waals surface area contributed by atoms with Crippen LogP contribution in [0.3, 0.4) is 0 Å². The van der Waals surface area contributed by atoms with Crippen molar-refractivity contribution in [1.29, 1.82) is 0 Å². The molecular formula is C47H56BNOS. The molecule has 0 bridgehead atoms. The molecule has 1 aliphatic carbocycles. The smallest absolute Gasteiger partial charge is 0.268 e. The van der Waals surface area contributed by atoms with Gasteiger partial charge in [-0.2, -0.15) is 0 Å². The van der Waals surface area contributed by atoms with Crippen LogP contribution in [-0.4, -0.2) is 6.71 Å². The van der Waals surface area contributed by atoms with Crippen LogP contribution in [-0.2, 0) is 27.1 Å². The molecular weight excluding hydrogens is 637 g/mol. The van der Waals surface area contributed by atoms with E-state index in [-0.39, 0.29) is 33.8 Å². The highest BCUT2D eigenvalue weighted by molar-refractivity contribution is 7.33. The summed E-state index contributed by atoms with van der Waals surface area (Å²) in [6.07, 6.45) is 2.38. The van der Waals surface area contributed by atoms with Crippen molar-refractivity contribution in [2.24, 2.45) is 0 Å². The number of hydrogen-bond donors (Lipinski definition) is 0. The first-order valence-corrected chi connectivity index (χ1v) is 19.9. The lowest BCUT2D eigenvalue weighted by Gasteiger charge is -2.44. The van der Waals surface area contributed by atoms with Gasteiger partial charge in [-0.25, -0.2) is 0 Å². The van der Waals surface area contributed by atoms with Crippen molar-refractivity contribution in [1.82, 2.24) is 0 Å². The van der Waals surface area contributed by atoms with Crippen LogP contribution in [0.25, 0.3) is 10.1 Å². The van der Waals surface area contributed by atoms with Crippen molar-refractivity contribution >= 4 is 60.9 Å². The van der Waals surface area contributed by atoms with Gasteiger partial charge in [0.2, 0.25) is 0 Å². The second-order valence-electron chi connectivity index (χ2n) is 20.3. The molecule has 2 nitrogen and oxygen atoms in total. The summed E-state index contributed by atoms with van der Waals surface area (Å²) < 4.78 is 9.87. The molecule has 0 N–H and O–H groups in total. The first kappa shape index (κ1) is 34.6. The van der Waals surface area contributed by atoms with Crippen molar-refractivity contribution in [3.63, 3.8) is 0 Å². The van der Waals surface area contributed by atoms with Crippen LogP contribution >= 0.6 is 11.3 Å². The lowest BCUT2D eigenvalue weighted by Crippen LogP contribution is -2.59. The Kier molecular flexibility index (Phi) is 7.31. The highest BCUT2D eigenvalue weighted by Crippen LogP contribution is 2.51. The van der Waals surface area contributed by atoms with E-state index in [9.17, 15) is 0 Å². The van der Waals surface area contributed by atoms with Gasteiger partial charge in [-0.3, -0.25) is 0 Å². The lowest BCUT2D eigenvalue weighted by atomic mass is 9.36. The monoisotopic (exact) mass is 693 g/mol. The summed E-state index contributed by atoms with van der Waals surface area (Å²) in [6.45, 7) is 33.1. The molecule has 1 aromatic heterocycles. The maximum atomic E-state index is 7.10. The molecule has 264 valence electrons. The van der Waals surface area contributed by atoms with E-state index in [0.717, 1.165) is 11.5 Å². The van der Waals surface area contributed by atoms with Gasteiger partial charge < -0.3 is 9.64 Å². The topological polar surface area (TPSA) is 12.5 Å². The molecule has 0 saturated heterocycles. The molecule has 0 spiro atoms. The Morgan fingerprint density at radius 1 is 0.667 bits per heavy atom. The number of anilines is 3. The highest BCUT2D eigenvalue weighted by atomic mass is 32.1. The predicted octanol–water partition coefficient (Wildman–Crippen LogP) is 11.9. The molecule has 4 heteroatoms. The van der Waals surface area contributed by atoms with Crippen LogP contribution in [0, 0.1) is 6.92 Å². The minimum atomic E-state index is 0.00103. The summed E-state index contributed by atoms with van der Waals surface area (Å²) >= 11 is 1.98. The summed E-state index contributed by atoms with van der Waals surface area (Å²) in [7, 11) is 0. The molecule has 8 rings (SSSR count). The summed E-state index contributed by atoms with van der Waals surface area (Å²) in [6, 6.07) is 24.3. The molecule has 51 heavy (non-hydrogen) atoms. The minimum absolute atomic E-state index is 0.00103. The van der Waals surface area contributed by atoms with Gasteiger partial charge >= 0.3 is 0 Å². The second-order valence-corrected chi connectivity index (χ2v) is 21.4. The number of fused-ring (bicyclic) bond motifs is 7. The average molecular weight is 694 g/mol. The Hall–Kier alpha value is -3.50. The first-order valence-electron chi connectivity index (χ1n) is 19.1. The zero-order chi connectivity index (χ0) is 36.8. The van der Waals surface area contributed by atoms with Crippen molar-refractivity contribution in [3.8, 4) is 11.5 Å². The number of aryl methyl sites for hydroxylation is 1. The van der Waals surface area contributed by atoms with E-state index in [2.05, 4.69) is 162 Å². The SMILES string of the molecule is Cc1cc2c3c(c1)N(c1cc(C(C)(C)C)cc(C(C)(C)C)c1)c1c(sc4ccc(C(C)(C)C)cc14)B3c1cc3c(cc1O2)C(C)(C)CCC3(C)C. The quantitative estimate of drug-likeness (QED) is 0.159. The molecule has 0 radical (unpaired) electrons. The number of rotatable bonds is 1. The van der Waals surface area contributed by atoms with Gasteiger partial charge in [0.1, 0.15) is 11.5 Å². The summed E-state index contributed by atoms with van der Waals surface area (Å²) in [5.41, 5.74) is 15.0. The van der Waals surface area contributed by atoms with E-state index in [1.807, 2.05) is 11.3 Å². The number of thiophene rings is 1. The normalized spacial score (nSPS) is 17.5. The second kappa shape index (κ2) is 10.8. The molecule has 0 saturated carbocycles. The molecule has 0 amide bonds. The zero-order valence-corrected chi connectivity index (χ0v) is 34.3. The third-order valence-corrected chi connectivity index (χ3v) is 13.5. The summed E-state index contributed by atoms with van der Waals surface area (Å²) in [4.78, 5) is 2.62. The average Bonchev–Trinajstić information content (AvgIpc) is 3.39. The highest BCUT2D eigenvalue weighted by Gasteiger charge is 2.47. The van der Waals surface area contributed by atoms with Gasteiger partial charge in [0.05, 0.1) is 5.69 Å². The van der Waals surface area contributed by atoms with E-state index in [4.69, 9.17) is 4.74 Å². The van der Waals surface area contributed by atoms with Crippen LogP contribution in [0.15, 0.2) is 60.7 Å². The van der Waals surface area contributed by atoms with Crippen molar-refractivity contribution < 1.29 is 4.74 Å². The number of nitrogens with zero attached hydrogens (tertiary/aromatic N) is 1. The van der Waals surface area contributed by atoms with Crippen LogP contribution in [0.5, 0.6) is 11.5 Å². The zero-order valence-electron chi connectivity index (χ0n) is 33.5. The Labute approximate surface area is 311 Å². The van der Waals surface area contributed by atoms with Gasteiger partial charge in [0.15, 0.2) is 0 Å². The number of hydrogen-bond acceptors (Lipinski definition) is 3. The fraction of sp³-hybridized carbons (Fsp3) is 0.447. The molecule has 5 aromatic rings. The number of ether oxygens (including phenoxy) is 1. The van der Waals surface area contributed by atoms with Crippen molar-refractivity contribution in [2.45, 2.75) is 137 Å². The maximum absolute atomic E-state index is 7.10. The van der Waals surface area contributed by atoms with Crippen LogP contribution < -0.4 is 25.3 Å².